The molecule has 0 fully saturated rings. The molecule has 0 atom stereocenters. The molecule has 0 saturated carbocycles. The molecule has 0 saturated heterocycles. The van der Waals surface area contributed by atoms with Crippen molar-refractivity contribution in [1.82, 2.24) is 0 Å². The molecular weight excluding hydrogens is 364 g/mol. The Bertz CT molecular complexity index is 843. The van der Waals surface area contributed by atoms with Gasteiger partial charge >= 0.3 is 17.9 Å². The van der Waals surface area contributed by atoms with Crippen LogP contribution in [0.5, 0.6) is 11.5 Å². The average Bonchev–Trinajstić information content (AvgIpc) is 2.70. The molecule has 7 nitrogen and oxygen atoms in total. The smallest absolute Gasteiger partial charge is 0.343 e. The number of esters is 2. The summed E-state index contributed by atoms with van der Waals surface area (Å²) in [6.07, 6.45) is 2.31. The van der Waals surface area contributed by atoms with Crippen LogP contribution in [0, 0.1) is 0 Å². The molecule has 2 aromatic rings. The van der Waals surface area contributed by atoms with Gasteiger partial charge in [-0.15, -0.1) is 0 Å². The second-order valence-electron chi connectivity index (χ2n) is 5.65. The molecular formula is C21H20O7. The van der Waals surface area contributed by atoms with Crippen LogP contribution in [0.1, 0.15) is 33.6 Å². The zero-order chi connectivity index (χ0) is 20.4. The molecule has 2 rings (SSSR count). The zero-order valence-corrected chi connectivity index (χ0v) is 15.1. The second-order valence-corrected chi connectivity index (χ2v) is 5.65. The monoisotopic (exact) mass is 384 g/mol. The molecule has 0 aliphatic heterocycles. The third-order valence-electron chi connectivity index (χ3n) is 3.61. The van der Waals surface area contributed by atoms with Gasteiger partial charge in [-0.3, -0.25) is 0 Å². The number of rotatable bonds is 10. The highest BCUT2D eigenvalue weighted by Gasteiger charge is 2.17. The number of carboxylic acid groups (broad SMARTS) is 1. The van der Waals surface area contributed by atoms with Crippen molar-refractivity contribution in [2.45, 2.75) is 12.8 Å². The van der Waals surface area contributed by atoms with E-state index in [1.54, 1.807) is 30.3 Å². The fourth-order valence-corrected chi connectivity index (χ4v) is 2.21. The molecule has 146 valence electrons. The number of unbranched alkanes of at least 4 members (excludes halogenated alkanes) is 1. The molecule has 0 bridgehead atoms. The Balaban J connectivity index is 1.96. The summed E-state index contributed by atoms with van der Waals surface area (Å²) in [7, 11) is 0. The normalized spacial score (nSPS) is 10.0. The quantitative estimate of drug-likeness (QED) is 0.290. The van der Waals surface area contributed by atoms with Gasteiger partial charge in [0.05, 0.1) is 18.8 Å². The van der Waals surface area contributed by atoms with Gasteiger partial charge in [0.15, 0.2) is 0 Å². The minimum absolute atomic E-state index is 0.0984. The first-order valence-corrected chi connectivity index (χ1v) is 8.58. The average molecular weight is 384 g/mol. The van der Waals surface area contributed by atoms with Crippen LogP contribution < -0.4 is 9.47 Å². The summed E-state index contributed by atoms with van der Waals surface area (Å²) in [6.45, 7) is 3.89. The predicted molar refractivity (Wildman–Crippen MR) is 101 cm³/mol. The van der Waals surface area contributed by atoms with Crippen molar-refractivity contribution in [2.75, 3.05) is 13.2 Å². The van der Waals surface area contributed by atoms with Crippen LogP contribution in [-0.4, -0.2) is 36.2 Å². The highest BCUT2D eigenvalue weighted by molar-refractivity contribution is 5.95. The minimum atomic E-state index is -1.22. The maximum Gasteiger partial charge on any atom is 0.343 e. The van der Waals surface area contributed by atoms with Gasteiger partial charge < -0.3 is 19.3 Å². The Kier molecular flexibility index (Phi) is 7.77. The summed E-state index contributed by atoms with van der Waals surface area (Å²) >= 11 is 0. The number of benzene rings is 2. The molecule has 0 unspecified atom stereocenters. The van der Waals surface area contributed by atoms with Gasteiger partial charge in [0.1, 0.15) is 17.1 Å². The first-order chi connectivity index (χ1) is 13.5. The lowest BCUT2D eigenvalue weighted by molar-refractivity contribution is -0.137. The Morgan fingerprint density at radius 2 is 1.71 bits per heavy atom. The van der Waals surface area contributed by atoms with Crippen molar-refractivity contribution in [1.29, 1.82) is 0 Å². The third kappa shape index (κ3) is 6.28. The molecule has 0 radical (unpaired) electrons. The molecule has 0 spiro atoms. The van der Waals surface area contributed by atoms with Crippen molar-refractivity contribution in [3.63, 3.8) is 0 Å². The summed E-state index contributed by atoms with van der Waals surface area (Å²) in [5, 5.41) is 9.30. The number of carbonyl (C=O) groups is 3. The zero-order valence-electron chi connectivity index (χ0n) is 15.1. The molecule has 7 heteroatoms. The number of carboxylic acids is 1. The van der Waals surface area contributed by atoms with Crippen LogP contribution in [0.25, 0.3) is 0 Å². The standard InChI is InChI=1S/C21H20O7/c1-2-19(22)27-13-7-6-12-26-16-10-11-17(20(23)24)18(14-16)28-21(25)15-8-4-3-5-9-15/h2-5,8-11,14H,1,6-7,12-13H2,(H,23,24). The molecule has 0 aliphatic carbocycles. The van der Waals surface area contributed by atoms with Gasteiger partial charge in [0.25, 0.3) is 0 Å². The summed E-state index contributed by atoms with van der Waals surface area (Å²) in [5.41, 5.74) is 0.159. The van der Waals surface area contributed by atoms with E-state index in [4.69, 9.17) is 14.2 Å². The predicted octanol–water partition coefficient (Wildman–Crippen LogP) is 3.49. The van der Waals surface area contributed by atoms with Crippen molar-refractivity contribution in [2.24, 2.45) is 0 Å². The van der Waals surface area contributed by atoms with Crippen LogP contribution in [-0.2, 0) is 9.53 Å². The first-order valence-electron chi connectivity index (χ1n) is 8.58. The second kappa shape index (κ2) is 10.5. The lowest BCUT2D eigenvalue weighted by Crippen LogP contribution is -2.12. The summed E-state index contributed by atoms with van der Waals surface area (Å²) in [6, 6.07) is 12.4. The number of ether oxygens (including phenoxy) is 3. The molecule has 1 N–H and O–H groups in total. The summed E-state index contributed by atoms with van der Waals surface area (Å²) in [5.74, 6) is -2.09. The van der Waals surface area contributed by atoms with E-state index in [-0.39, 0.29) is 17.9 Å². The van der Waals surface area contributed by atoms with Crippen LogP contribution in [0.3, 0.4) is 0 Å². The van der Waals surface area contributed by atoms with E-state index in [2.05, 4.69) is 6.58 Å². The fourth-order valence-electron chi connectivity index (χ4n) is 2.21. The van der Waals surface area contributed by atoms with Crippen molar-refractivity contribution >= 4 is 17.9 Å². The Morgan fingerprint density at radius 3 is 2.39 bits per heavy atom. The van der Waals surface area contributed by atoms with Gasteiger partial charge in [-0.2, -0.15) is 0 Å². The molecule has 2 aromatic carbocycles. The van der Waals surface area contributed by atoms with Crippen LogP contribution in [0.15, 0.2) is 61.2 Å². The summed E-state index contributed by atoms with van der Waals surface area (Å²) in [4.78, 5) is 34.5. The number of hydrogen-bond donors (Lipinski definition) is 1. The number of hydrogen-bond acceptors (Lipinski definition) is 6. The van der Waals surface area contributed by atoms with E-state index in [0.717, 1.165) is 6.08 Å². The van der Waals surface area contributed by atoms with Gasteiger partial charge in [-0.25, -0.2) is 14.4 Å². The molecule has 0 amide bonds. The number of aromatic carboxylic acids is 1. The van der Waals surface area contributed by atoms with Gasteiger partial charge in [0.2, 0.25) is 0 Å². The van der Waals surface area contributed by atoms with E-state index in [0.29, 0.717) is 30.8 Å². The number of carbonyl (C=O) groups excluding carboxylic acids is 2. The van der Waals surface area contributed by atoms with E-state index < -0.39 is 17.9 Å². The fraction of sp³-hybridized carbons (Fsp3) is 0.190. The Labute approximate surface area is 162 Å². The van der Waals surface area contributed by atoms with Gasteiger partial charge in [-0.1, -0.05) is 24.8 Å². The van der Waals surface area contributed by atoms with Crippen molar-refractivity contribution < 1.29 is 33.7 Å². The molecule has 28 heavy (non-hydrogen) atoms. The SMILES string of the molecule is C=CC(=O)OCCCCOc1ccc(C(=O)O)c(OC(=O)c2ccccc2)c1. The molecule has 0 heterocycles. The topological polar surface area (TPSA) is 99.1 Å². The third-order valence-corrected chi connectivity index (χ3v) is 3.61. The maximum atomic E-state index is 12.2. The van der Waals surface area contributed by atoms with Gasteiger partial charge in [-0.05, 0) is 37.1 Å². The largest absolute Gasteiger partial charge is 0.493 e. The lowest BCUT2D eigenvalue weighted by atomic mass is 10.2. The van der Waals surface area contributed by atoms with E-state index in [9.17, 15) is 19.5 Å². The van der Waals surface area contributed by atoms with Crippen LogP contribution >= 0.6 is 0 Å². The maximum absolute atomic E-state index is 12.2. The van der Waals surface area contributed by atoms with E-state index in [1.165, 1.54) is 18.2 Å². The highest BCUT2D eigenvalue weighted by atomic mass is 16.5. The Morgan fingerprint density at radius 1 is 1.00 bits per heavy atom. The first kappa shape index (κ1) is 20.7. The van der Waals surface area contributed by atoms with E-state index >= 15 is 0 Å². The van der Waals surface area contributed by atoms with Crippen LogP contribution in [0.4, 0.5) is 0 Å². The molecule has 0 aliphatic rings. The van der Waals surface area contributed by atoms with Crippen molar-refractivity contribution in [3.05, 3.63) is 72.3 Å². The van der Waals surface area contributed by atoms with Crippen LogP contribution in [0.2, 0.25) is 0 Å². The minimum Gasteiger partial charge on any atom is -0.493 e. The lowest BCUT2D eigenvalue weighted by Gasteiger charge is -2.11. The van der Waals surface area contributed by atoms with Crippen molar-refractivity contribution in [3.8, 4) is 11.5 Å². The highest BCUT2D eigenvalue weighted by Crippen LogP contribution is 2.26. The molecule has 0 aromatic heterocycles. The summed E-state index contributed by atoms with van der Waals surface area (Å²) < 4.78 is 15.7. The van der Waals surface area contributed by atoms with Gasteiger partial charge in [0, 0.05) is 12.1 Å². The van der Waals surface area contributed by atoms with E-state index in [1.807, 2.05) is 0 Å². The Hall–Kier alpha value is -3.61.